The predicted molar refractivity (Wildman–Crippen MR) is 83.5 cm³/mol. The van der Waals surface area contributed by atoms with E-state index in [0.717, 1.165) is 6.04 Å². The van der Waals surface area contributed by atoms with E-state index in [2.05, 4.69) is 37.9 Å². The summed E-state index contributed by atoms with van der Waals surface area (Å²) in [6.07, 6.45) is 8.20. The molecule has 0 aromatic rings. The average Bonchev–Trinajstić information content (AvgIpc) is 3.14. The molecule has 2 aliphatic rings. The van der Waals surface area contributed by atoms with Gasteiger partial charge in [-0.1, -0.05) is 34.1 Å². The largest absolute Gasteiger partial charge is 0.313 e. The lowest BCUT2D eigenvalue weighted by atomic mass is 9.80. The topological polar surface area (TPSA) is 15.3 Å². The molecule has 0 aromatic carbocycles. The van der Waals surface area contributed by atoms with E-state index in [4.69, 9.17) is 0 Å². The van der Waals surface area contributed by atoms with E-state index < -0.39 is 0 Å². The molecule has 1 saturated carbocycles. The van der Waals surface area contributed by atoms with Crippen molar-refractivity contribution in [3.05, 3.63) is 0 Å². The van der Waals surface area contributed by atoms with Gasteiger partial charge in [-0.25, -0.2) is 0 Å². The van der Waals surface area contributed by atoms with E-state index in [0.29, 0.717) is 10.8 Å². The second-order valence-corrected chi connectivity index (χ2v) is 8.16. The molecule has 2 rings (SSSR count). The van der Waals surface area contributed by atoms with E-state index >= 15 is 0 Å². The predicted octanol–water partition coefficient (Wildman–Crippen LogP) is 3.67. The first-order valence-electron chi connectivity index (χ1n) is 8.38. The summed E-state index contributed by atoms with van der Waals surface area (Å²) in [5, 5.41) is 3.76. The van der Waals surface area contributed by atoms with E-state index in [1.54, 1.807) is 0 Å². The lowest BCUT2D eigenvalue weighted by Crippen LogP contribution is -2.46. The average molecular weight is 266 g/mol. The fourth-order valence-corrected chi connectivity index (χ4v) is 3.36. The van der Waals surface area contributed by atoms with Crippen molar-refractivity contribution in [2.24, 2.45) is 10.8 Å². The zero-order valence-corrected chi connectivity index (χ0v) is 13.6. The van der Waals surface area contributed by atoms with Crippen LogP contribution in [0, 0.1) is 10.8 Å². The van der Waals surface area contributed by atoms with Crippen molar-refractivity contribution in [3.8, 4) is 0 Å². The number of nitrogens with zero attached hydrogens (tertiary/aromatic N) is 1. The van der Waals surface area contributed by atoms with Crippen molar-refractivity contribution in [2.75, 3.05) is 26.2 Å². The normalized spacial score (nSPS) is 27.2. The molecule has 2 nitrogen and oxygen atoms in total. The van der Waals surface area contributed by atoms with Crippen LogP contribution < -0.4 is 5.32 Å². The van der Waals surface area contributed by atoms with Crippen molar-refractivity contribution in [2.45, 2.75) is 72.3 Å². The minimum atomic E-state index is 0.471. The van der Waals surface area contributed by atoms with Crippen LogP contribution in [-0.4, -0.2) is 37.1 Å². The van der Waals surface area contributed by atoms with Gasteiger partial charge in [0, 0.05) is 19.1 Å². The minimum Gasteiger partial charge on any atom is -0.313 e. The highest BCUT2D eigenvalue weighted by Crippen LogP contribution is 2.33. The highest BCUT2D eigenvalue weighted by Gasteiger charge is 2.32. The Bertz CT molecular complexity index is 273. The zero-order valence-electron chi connectivity index (χ0n) is 13.6. The Hall–Kier alpha value is -0.0800. The maximum Gasteiger partial charge on any atom is 0.00684 e. The number of piperidine rings is 1. The molecular formula is C17H34N2. The number of rotatable bonds is 7. The van der Waals surface area contributed by atoms with E-state index in [-0.39, 0.29) is 0 Å². The molecule has 0 bridgehead atoms. The van der Waals surface area contributed by atoms with Crippen LogP contribution in [0.3, 0.4) is 0 Å². The van der Waals surface area contributed by atoms with Crippen LogP contribution in [-0.2, 0) is 0 Å². The zero-order chi connectivity index (χ0) is 13.9. The van der Waals surface area contributed by atoms with Gasteiger partial charge in [0.1, 0.15) is 0 Å². The third kappa shape index (κ3) is 5.07. The van der Waals surface area contributed by atoms with Gasteiger partial charge >= 0.3 is 0 Å². The number of likely N-dealkylation sites (tertiary alicyclic amines) is 1. The molecule has 1 heterocycles. The van der Waals surface area contributed by atoms with E-state index in [1.807, 2.05) is 0 Å². The summed E-state index contributed by atoms with van der Waals surface area (Å²) in [6, 6.07) is 0.844. The van der Waals surface area contributed by atoms with Gasteiger partial charge in [0.25, 0.3) is 0 Å². The third-order valence-electron chi connectivity index (χ3n) is 5.06. The van der Waals surface area contributed by atoms with Crippen LogP contribution in [0.5, 0.6) is 0 Å². The highest BCUT2D eigenvalue weighted by molar-refractivity contribution is 4.88. The van der Waals surface area contributed by atoms with Gasteiger partial charge in [-0.2, -0.15) is 0 Å². The molecule has 1 N–H and O–H groups in total. The Morgan fingerprint density at radius 3 is 2.37 bits per heavy atom. The molecule has 0 spiro atoms. The smallest absolute Gasteiger partial charge is 0.00684 e. The molecule has 2 fully saturated rings. The molecular weight excluding hydrogens is 232 g/mol. The molecule has 2 heteroatoms. The molecule has 0 amide bonds. The summed E-state index contributed by atoms with van der Waals surface area (Å²) < 4.78 is 0. The molecule has 0 radical (unpaired) electrons. The third-order valence-corrected chi connectivity index (χ3v) is 5.06. The summed E-state index contributed by atoms with van der Waals surface area (Å²) in [5.41, 5.74) is 1.04. The van der Waals surface area contributed by atoms with Crippen LogP contribution in [0.25, 0.3) is 0 Å². The van der Waals surface area contributed by atoms with Gasteiger partial charge in [-0.15, -0.1) is 0 Å². The lowest BCUT2D eigenvalue weighted by molar-refractivity contribution is 0.0833. The lowest BCUT2D eigenvalue weighted by Gasteiger charge is -2.42. The first-order valence-corrected chi connectivity index (χ1v) is 8.38. The van der Waals surface area contributed by atoms with Gasteiger partial charge < -0.3 is 10.2 Å². The fraction of sp³-hybridized carbons (Fsp3) is 1.00. The van der Waals surface area contributed by atoms with Crippen molar-refractivity contribution >= 4 is 0 Å². The van der Waals surface area contributed by atoms with Gasteiger partial charge in [0.15, 0.2) is 0 Å². The maximum absolute atomic E-state index is 3.76. The van der Waals surface area contributed by atoms with Crippen molar-refractivity contribution in [1.82, 2.24) is 10.2 Å². The molecule has 0 aromatic heterocycles. The first kappa shape index (κ1) is 15.3. The van der Waals surface area contributed by atoms with Crippen LogP contribution in [0.1, 0.15) is 66.2 Å². The van der Waals surface area contributed by atoms with Crippen LogP contribution >= 0.6 is 0 Å². The SMILES string of the molecule is CCCC(C)(CNC1CC1)CN1CCC(C)(C)CC1. The molecule has 112 valence electrons. The Labute approximate surface area is 120 Å². The Kier molecular flexibility index (Phi) is 4.94. The van der Waals surface area contributed by atoms with Crippen molar-refractivity contribution in [1.29, 1.82) is 0 Å². The quantitative estimate of drug-likeness (QED) is 0.756. The second kappa shape index (κ2) is 6.13. The molecule has 19 heavy (non-hydrogen) atoms. The summed E-state index contributed by atoms with van der Waals surface area (Å²) in [6.45, 7) is 14.8. The van der Waals surface area contributed by atoms with Crippen LogP contribution in [0.4, 0.5) is 0 Å². The van der Waals surface area contributed by atoms with Crippen molar-refractivity contribution in [3.63, 3.8) is 0 Å². The monoisotopic (exact) mass is 266 g/mol. The standard InChI is InChI=1S/C17H34N2/c1-5-8-17(4,13-18-15-6-7-15)14-19-11-9-16(2,3)10-12-19/h15,18H,5-14H2,1-4H3. The van der Waals surface area contributed by atoms with Gasteiger partial charge in [-0.05, 0) is 56.0 Å². The van der Waals surface area contributed by atoms with E-state index in [1.165, 1.54) is 64.7 Å². The van der Waals surface area contributed by atoms with E-state index in [9.17, 15) is 0 Å². The summed E-state index contributed by atoms with van der Waals surface area (Å²) in [4.78, 5) is 2.72. The molecule has 1 unspecified atom stereocenters. The van der Waals surface area contributed by atoms with Crippen LogP contribution in [0.2, 0.25) is 0 Å². The molecule has 1 atom stereocenters. The van der Waals surface area contributed by atoms with Gasteiger partial charge in [-0.3, -0.25) is 0 Å². The number of hydrogen-bond acceptors (Lipinski definition) is 2. The minimum absolute atomic E-state index is 0.471. The first-order chi connectivity index (χ1) is 8.92. The van der Waals surface area contributed by atoms with Gasteiger partial charge in [0.2, 0.25) is 0 Å². The summed E-state index contributed by atoms with van der Waals surface area (Å²) in [7, 11) is 0. The van der Waals surface area contributed by atoms with Crippen molar-refractivity contribution < 1.29 is 0 Å². The Morgan fingerprint density at radius 2 is 1.84 bits per heavy atom. The molecule has 1 aliphatic carbocycles. The van der Waals surface area contributed by atoms with Crippen LogP contribution in [0.15, 0.2) is 0 Å². The number of hydrogen-bond donors (Lipinski definition) is 1. The summed E-state index contributed by atoms with van der Waals surface area (Å²) in [5.74, 6) is 0. The Morgan fingerprint density at radius 1 is 1.21 bits per heavy atom. The number of nitrogens with one attached hydrogen (secondary N) is 1. The fourth-order valence-electron chi connectivity index (χ4n) is 3.36. The maximum atomic E-state index is 3.76. The molecule has 1 aliphatic heterocycles. The summed E-state index contributed by atoms with van der Waals surface area (Å²) >= 11 is 0. The highest BCUT2D eigenvalue weighted by atomic mass is 15.1. The molecule has 1 saturated heterocycles. The Balaban J connectivity index is 1.81. The second-order valence-electron chi connectivity index (χ2n) is 8.16. The van der Waals surface area contributed by atoms with Gasteiger partial charge in [0.05, 0.1) is 0 Å².